The van der Waals surface area contributed by atoms with Crippen molar-refractivity contribution >= 4 is 28.9 Å². The number of nitrogens with one attached hydrogen (secondary N) is 2. The van der Waals surface area contributed by atoms with E-state index in [9.17, 15) is 9.18 Å². The number of carbonyl (C=O) groups excluding carboxylic acids is 1. The molecule has 0 aliphatic carbocycles. The number of hydrogen-bond donors (Lipinski definition) is 3. The predicted octanol–water partition coefficient (Wildman–Crippen LogP) is 3.51. The van der Waals surface area contributed by atoms with Gasteiger partial charge in [0.25, 0.3) is 0 Å². The normalized spacial score (nSPS) is 14.6. The van der Waals surface area contributed by atoms with Crippen molar-refractivity contribution in [3.05, 3.63) is 70.0 Å². The predicted molar refractivity (Wildman–Crippen MR) is 93.7 cm³/mol. The number of urea groups is 1. The number of nitrogens with two attached hydrogens (primary N) is 1. The van der Waals surface area contributed by atoms with Gasteiger partial charge >= 0.3 is 6.03 Å². The minimum atomic E-state index is -0.602. The van der Waals surface area contributed by atoms with Crippen LogP contribution < -0.4 is 16.4 Å². The maximum atomic E-state index is 13.5. The third kappa shape index (κ3) is 3.08. The van der Waals surface area contributed by atoms with Gasteiger partial charge in [-0.3, -0.25) is 0 Å². The van der Waals surface area contributed by atoms with Crippen LogP contribution in [0.2, 0.25) is 5.02 Å². The molecule has 0 radical (unpaired) electrons. The highest BCUT2D eigenvalue weighted by molar-refractivity contribution is 6.31. The molecule has 1 heterocycles. The van der Waals surface area contributed by atoms with Crippen LogP contribution in [-0.4, -0.2) is 12.1 Å². The van der Waals surface area contributed by atoms with Crippen molar-refractivity contribution in [1.29, 1.82) is 0 Å². The van der Waals surface area contributed by atoms with Gasteiger partial charge in [-0.05, 0) is 41.8 Å². The largest absolute Gasteiger partial charge is 0.380 e. The molecule has 124 valence electrons. The second-order valence-corrected chi connectivity index (χ2v) is 6.07. The Hall–Kier alpha value is -2.53. The number of halogens is 2. The van der Waals surface area contributed by atoms with E-state index in [1.807, 2.05) is 31.2 Å². The van der Waals surface area contributed by atoms with E-state index in [-0.39, 0.29) is 11.1 Å². The van der Waals surface area contributed by atoms with Crippen molar-refractivity contribution in [1.82, 2.24) is 10.6 Å². The fourth-order valence-corrected chi connectivity index (χ4v) is 3.18. The Labute approximate surface area is 144 Å². The molecular formula is C18H17ClFN3O. The van der Waals surface area contributed by atoms with Crippen molar-refractivity contribution in [3.8, 4) is 0 Å². The van der Waals surface area contributed by atoms with Crippen LogP contribution in [0.25, 0.3) is 11.3 Å². The highest BCUT2D eigenvalue weighted by atomic mass is 35.5. The van der Waals surface area contributed by atoms with Gasteiger partial charge in [-0.1, -0.05) is 35.9 Å². The first-order valence-electron chi connectivity index (χ1n) is 7.55. The molecule has 0 bridgehead atoms. The zero-order chi connectivity index (χ0) is 17.3. The van der Waals surface area contributed by atoms with Gasteiger partial charge < -0.3 is 16.4 Å². The van der Waals surface area contributed by atoms with Crippen LogP contribution in [0.5, 0.6) is 0 Å². The lowest BCUT2D eigenvalue weighted by atomic mass is 9.88. The van der Waals surface area contributed by atoms with Crippen LogP contribution in [-0.2, 0) is 6.54 Å². The number of fused-ring (bicyclic) bond motifs is 1. The van der Waals surface area contributed by atoms with Crippen molar-refractivity contribution in [2.24, 2.45) is 5.73 Å². The summed E-state index contributed by atoms with van der Waals surface area (Å²) in [7, 11) is 0. The highest BCUT2D eigenvalue weighted by Gasteiger charge is 2.24. The second kappa shape index (κ2) is 6.53. The molecule has 24 heavy (non-hydrogen) atoms. The molecule has 6 heteroatoms. The van der Waals surface area contributed by atoms with Crippen LogP contribution in [0.1, 0.15) is 23.6 Å². The summed E-state index contributed by atoms with van der Waals surface area (Å²) in [5, 5.41) is 6.11. The fraction of sp³-hybridized carbons (Fsp3) is 0.167. The molecule has 0 fully saturated rings. The topological polar surface area (TPSA) is 67.1 Å². The van der Waals surface area contributed by atoms with Crippen molar-refractivity contribution in [2.75, 3.05) is 0 Å². The van der Waals surface area contributed by atoms with Gasteiger partial charge in [0.05, 0.1) is 11.1 Å². The first-order valence-corrected chi connectivity index (χ1v) is 7.93. The molecule has 4 N–H and O–H groups in total. The zero-order valence-corrected chi connectivity index (χ0v) is 13.8. The minimum absolute atomic E-state index is 0.0514. The average Bonchev–Trinajstić information content (AvgIpc) is 2.55. The van der Waals surface area contributed by atoms with Crippen molar-refractivity contribution in [3.63, 3.8) is 0 Å². The Balaban J connectivity index is 2.18. The van der Waals surface area contributed by atoms with E-state index in [4.69, 9.17) is 17.3 Å². The number of amides is 2. The summed E-state index contributed by atoms with van der Waals surface area (Å²) >= 11 is 5.93. The molecule has 0 saturated carbocycles. The first-order chi connectivity index (χ1) is 11.5. The Kier molecular flexibility index (Phi) is 4.44. The summed E-state index contributed by atoms with van der Waals surface area (Å²) < 4.78 is 13.5. The quantitative estimate of drug-likeness (QED) is 0.797. The maximum absolute atomic E-state index is 13.5. The molecule has 2 amide bonds. The van der Waals surface area contributed by atoms with Gasteiger partial charge in [0.15, 0.2) is 0 Å². The van der Waals surface area contributed by atoms with E-state index >= 15 is 0 Å². The lowest BCUT2D eigenvalue weighted by Crippen LogP contribution is -2.39. The Morgan fingerprint density at radius 2 is 2.08 bits per heavy atom. The third-order valence-electron chi connectivity index (χ3n) is 4.03. The Morgan fingerprint density at radius 1 is 1.33 bits per heavy atom. The highest BCUT2D eigenvalue weighted by Crippen LogP contribution is 2.34. The van der Waals surface area contributed by atoms with Crippen molar-refractivity contribution < 1.29 is 9.18 Å². The second-order valence-electron chi connectivity index (χ2n) is 5.66. The molecule has 2 aromatic carbocycles. The summed E-state index contributed by atoms with van der Waals surface area (Å²) in [5.41, 5.74) is 9.86. The fourth-order valence-electron chi connectivity index (χ4n) is 3.00. The summed E-state index contributed by atoms with van der Waals surface area (Å²) in [6.07, 6.45) is 0. The zero-order valence-electron chi connectivity index (χ0n) is 13.1. The molecular weight excluding hydrogens is 329 g/mol. The summed E-state index contributed by atoms with van der Waals surface area (Å²) in [4.78, 5) is 11.3. The molecule has 0 spiro atoms. The van der Waals surface area contributed by atoms with E-state index in [1.54, 1.807) is 12.1 Å². The number of rotatable bonds is 3. The van der Waals surface area contributed by atoms with Crippen molar-refractivity contribution in [2.45, 2.75) is 19.5 Å². The average molecular weight is 346 g/mol. The number of hydrogen-bond acceptors (Lipinski definition) is 2. The number of carbonyl (C=O) groups is 1. The molecule has 0 unspecified atom stereocenters. The van der Waals surface area contributed by atoms with Crippen LogP contribution in [0, 0.1) is 5.82 Å². The van der Waals surface area contributed by atoms with E-state index in [0.29, 0.717) is 6.54 Å². The standard InChI is InChI=1S/C18H17ClFN3O/c1-10(23-18(21)24)16-13-5-3-2-4-12(13)9-22-17(16)11-6-7-15(20)14(19)8-11/h2-8,10,22H,9H2,1H3,(H3,21,23,24)/t10-/m0/s1. The van der Waals surface area contributed by atoms with Gasteiger partial charge in [0.2, 0.25) is 0 Å². The summed E-state index contributed by atoms with van der Waals surface area (Å²) in [6.45, 7) is 2.49. The van der Waals surface area contributed by atoms with Crippen LogP contribution in [0.4, 0.5) is 9.18 Å². The number of primary amides is 1. The monoisotopic (exact) mass is 345 g/mol. The lowest BCUT2D eigenvalue weighted by Gasteiger charge is -2.29. The molecule has 1 aliphatic rings. The van der Waals surface area contributed by atoms with Gasteiger partial charge in [0.1, 0.15) is 5.82 Å². The molecule has 4 nitrogen and oxygen atoms in total. The Morgan fingerprint density at radius 3 is 2.79 bits per heavy atom. The van der Waals surface area contributed by atoms with Gasteiger partial charge in [-0.15, -0.1) is 0 Å². The van der Waals surface area contributed by atoms with E-state index in [2.05, 4.69) is 10.6 Å². The smallest absolute Gasteiger partial charge is 0.312 e. The van der Waals surface area contributed by atoms with Gasteiger partial charge in [-0.2, -0.15) is 0 Å². The minimum Gasteiger partial charge on any atom is -0.380 e. The molecule has 1 aliphatic heterocycles. The molecule has 0 saturated heterocycles. The molecule has 0 aromatic heterocycles. The lowest BCUT2D eigenvalue weighted by molar-refractivity contribution is 0.248. The van der Waals surface area contributed by atoms with E-state index in [1.165, 1.54) is 6.07 Å². The van der Waals surface area contributed by atoms with Crippen LogP contribution in [0.3, 0.4) is 0 Å². The molecule has 1 atom stereocenters. The molecule has 3 rings (SSSR count). The number of benzene rings is 2. The maximum Gasteiger partial charge on any atom is 0.312 e. The molecule has 2 aromatic rings. The van der Waals surface area contributed by atoms with Gasteiger partial charge in [0, 0.05) is 17.8 Å². The SMILES string of the molecule is C[C@H](NC(N)=O)C1=C(c2ccc(F)c(Cl)c2)NCc2ccccc21. The summed E-state index contributed by atoms with van der Waals surface area (Å²) in [5.74, 6) is -0.470. The Bertz CT molecular complexity index is 835. The van der Waals surface area contributed by atoms with E-state index in [0.717, 1.165) is 28.0 Å². The third-order valence-corrected chi connectivity index (χ3v) is 4.32. The van der Waals surface area contributed by atoms with Crippen LogP contribution in [0.15, 0.2) is 42.5 Å². The summed E-state index contributed by atoms with van der Waals surface area (Å²) in [6, 6.07) is 11.6. The van der Waals surface area contributed by atoms with E-state index < -0.39 is 11.8 Å². The van der Waals surface area contributed by atoms with Gasteiger partial charge in [-0.25, -0.2) is 9.18 Å². The van der Waals surface area contributed by atoms with Crippen LogP contribution >= 0.6 is 11.6 Å². The first kappa shape index (κ1) is 16.3.